The Labute approximate surface area is 103 Å². The van der Waals surface area contributed by atoms with Crippen molar-refractivity contribution < 1.29 is 28.6 Å². The van der Waals surface area contributed by atoms with Gasteiger partial charge in [0.1, 0.15) is 0 Å². The van der Waals surface area contributed by atoms with Crippen LogP contribution in [-0.4, -0.2) is 40.7 Å². The van der Waals surface area contributed by atoms with Crippen molar-refractivity contribution in [3.8, 4) is 0 Å². The third kappa shape index (κ3) is 4.56. The lowest BCUT2D eigenvalue weighted by molar-refractivity contribution is -0.147. The summed E-state index contributed by atoms with van der Waals surface area (Å²) in [6, 6.07) is 0. The monoisotopic (exact) mass is 265 g/mol. The number of aliphatic hydroxyl groups is 1. The number of aliphatic hydroxyl groups excluding tert-OH is 1. The second kappa shape index (κ2) is 6.08. The average molecular weight is 265 g/mol. The standard InChI is InChI=1S/C11H17F2NO4/c12-11(13)4-1-7(2-5-11)9(16)14-6-3-8(15)10(17)18/h7-8,15H,1-6H2,(H,14,16)(H,17,18)/t8-/m0/s1. The highest BCUT2D eigenvalue weighted by atomic mass is 19.3. The Kier molecular flexibility index (Phi) is 5.01. The van der Waals surface area contributed by atoms with Crippen LogP contribution in [0.3, 0.4) is 0 Å². The molecule has 0 saturated heterocycles. The van der Waals surface area contributed by atoms with Crippen molar-refractivity contribution in [3.63, 3.8) is 0 Å². The lowest BCUT2D eigenvalue weighted by Gasteiger charge is -2.27. The van der Waals surface area contributed by atoms with Crippen LogP contribution in [0.4, 0.5) is 8.78 Å². The first kappa shape index (κ1) is 14.8. The normalized spacial score (nSPS) is 21.3. The average Bonchev–Trinajstić information content (AvgIpc) is 2.28. The molecule has 0 unspecified atom stereocenters. The number of hydrogen-bond acceptors (Lipinski definition) is 3. The number of rotatable bonds is 5. The van der Waals surface area contributed by atoms with Crippen LogP contribution in [0.15, 0.2) is 0 Å². The molecule has 1 rings (SSSR count). The summed E-state index contributed by atoms with van der Waals surface area (Å²) in [4.78, 5) is 21.9. The highest BCUT2D eigenvalue weighted by Gasteiger charge is 2.37. The smallest absolute Gasteiger partial charge is 0.332 e. The van der Waals surface area contributed by atoms with Crippen molar-refractivity contribution in [2.45, 2.75) is 44.1 Å². The molecule has 18 heavy (non-hydrogen) atoms. The van der Waals surface area contributed by atoms with E-state index >= 15 is 0 Å². The third-order valence-electron chi connectivity index (χ3n) is 3.09. The van der Waals surface area contributed by atoms with Crippen LogP contribution in [0.5, 0.6) is 0 Å². The second-order valence-electron chi connectivity index (χ2n) is 4.56. The van der Waals surface area contributed by atoms with Crippen LogP contribution in [0.2, 0.25) is 0 Å². The van der Waals surface area contributed by atoms with E-state index in [9.17, 15) is 18.4 Å². The topological polar surface area (TPSA) is 86.6 Å². The van der Waals surface area contributed by atoms with E-state index in [1.807, 2.05) is 0 Å². The van der Waals surface area contributed by atoms with E-state index in [0.717, 1.165) is 0 Å². The Balaban J connectivity index is 2.24. The van der Waals surface area contributed by atoms with Gasteiger partial charge in [-0.1, -0.05) is 0 Å². The Morgan fingerprint density at radius 3 is 2.39 bits per heavy atom. The van der Waals surface area contributed by atoms with Crippen molar-refractivity contribution in [1.82, 2.24) is 5.32 Å². The number of halogens is 2. The number of hydrogen-bond donors (Lipinski definition) is 3. The number of carboxylic acids is 1. The molecular formula is C11H17F2NO4. The maximum absolute atomic E-state index is 12.9. The van der Waals surface area contributed by atoms with Gasteiger partial charge in [0.25, 0.3) is 0 Å². The van der Waals surface area contributed by atoms with Gasteiger partial charge in [0.2, 0.25) is 11.8 Å². The summed E-state index contributed by atoms with van der Waals surface area (Å²) in [7, 11) is 0. The molecule has 5 nitrogen and oxygen atoms in total. The molecule has 0 heterocycles. The van der Waals surface area contributed by atoms with Crippen LogP contribution >= 0.6 is 0 Å². The minimum Gasteiger partial charge on any atom is -0.479 e. The summed E-state index contributed by atoms with van der Waals surface area (Å²) >= 11 is 0. The predicted octanol–water partition coefficient (Wildman–Crippen LogP) is 0.764. The molecule has 7 heteroatoms. The van der Waals surface area contributed by atoms with Gasteiger partial charge in [0.05, 0.1) is 0 Å². The molecule has 1 saturated carbocycles. The molecule has 3 N–H and O–H groups in total. The number of carboxylic acid groups (broad SMARTS) is 1. The zero-order valence-corrected chi connectivity index (χ0v) is 9.86. The minimum absolute atomic E-state index is 0.0270. The van der Waals surface area contributed by atoms with Gasteiger partial charge in [-0.15, -0.1) is 0 Å². The Morgan fingerprint density at radius 1 is 1.33 bits per heavy atom. The van der Waals surface area contributed by atoms with Crippen LogP contribution in [0.1, 0.15) is 32.1 Å². The molecule has 1 aliphatic carbocycles. The molecule has 0 aromatic carbocycles. The predicted molar refractivity (Wildman–Crippen MR) is 58.2 cm³/mol. The van der Waals surface area contributed by atoms with Gasteiger partial charge < -0.3 is 15.5 Å². The summed E-state index contributed by atoms with van der Waals surface area (Å²) < 4.78 is 25.7. The molecule has 1 atom stereocenters. The molecule has 0 aromatic rings. The molecule has 1 amide bonds. The SMILES string of the molecule is O=C(NCC[C@H](O)C(=O)O)C1CCC(F)(F)CC1. The maximum Gasteiger partial charge on any atom is 0.332 e. The maximum atomic E-state index is 12.9. The van der Waals surface area contributed by atoms with Crippen LogP contribution < -0.4 is 5.32 Å². The zero-order chi connectivity index (χ0) is 13.8. The fourth-order valence-electron chi connectivity index (χ4n) is 1.90. The number of aliphatic carboxylic acids is 1. The van der Waals surface area contributed by atoms with E-state index in [2.05, 4.69) is 5.32 Å². The minimum atomic E-state index is -2.67. The first-order valence-corrected chi connectivity index (χ1v) is 5.88. The van der Waals surface area contributed by atoms with E-state index in [0.29, 0.717) is 0 Å². The van der Waals surface area contributed by atoms with Crippen molar-refractivity contribution in [1.29, 1.82) is 0 Å². The van der Waals surface area contributed by atoms with Gasteiger partial charge in [-0.3, -0.25) is 4.79 Å². The second-order valence-corrected chi connectivity index (χ2v) is 4.56. The van der Waals surface area contributed by atoms with Crippen LogP contribution in [0, 0.1) is 5.92 Å². The molecule has 0 bridgehead atoms. The van der Waals surface area contributed by atoms with Crippen LogP contribution in [-0.2, 0) is 9.59 Å². The highest BCUT2D eigenvalue weighted by Crippen LogP contribution is 2.36. The number of carbonyl (C=O) groups is 2. The van der Waals surface area contributed by atoms with Crippen molar-refractivity contribution >= 4 is 11.9 Å². The van der Waals surface area contributed by atoms with E-state index in [1.54, 1.807) is 0 Å². The number of amides is 1. The quantitative estimate of drug-likeness (QED) is 0.685. The Bertz CT molecular complexity index is 312. The summed E-state index contributed by atoms with van der Waals surface area (Å²) in [6.45, 7) is 0.0270. The first-order valence-electron chi connectivity index (χ1n) is 5.88. The Hall–Kier alpha value is -1.24. The highest BCUT2D eigenvalue weighted by molar-refractivity contribution is 5.78. The first-order chi connectivity index (χ1) is 8.32. The van der Waals surface area contributed by atoms with Gasteiger partial charge in [0.15, 0.2) is 6.10 Å². The number of nitrogens with one attached hydrogen (secondary N) is 1. The Morgan fingerprint density at radius 2 is 1.89 bits per heavy atom. The molecule has 1 aliphatic rings. The van der Waals surface area contributed by atoms with E-state index < -0.39 is 23.9 Å². The fraction of sp³-hybridized carbons (Fsp3) is 0.818. The van der Waals surface area contributed by atoms with Gasteiger partial charge in [-0.05, 0) is 12.8 Å². The molecule has 0 aliphatic heterocycles. The van der Waals surface area contributed by atoms with Gasteiger partial charge in [0, 0.05) is 31.7 Å². The van der Waals surface area contributed by atoms with Gasteiger partial charge in [-0.25, -0.2) is 13.6 Å². The summed E-state index contributed by atoms with van der Waals surface area (Å²) in [5.74, 6) is -4.80. The number of carbonyl (C=O) groups excluding carboxylic acids is 1. The van der Waals surface area contributed by atoms with E-state index in [1.165, 1.54) is 0 Å². The summed E-state index contributed by atoms with van der Waals surface area (Å²) in [5.41, 5.74) is 0. The van der Waals surface area contributed by atoms with Gasteiger partial charge >= 0.3 is 5.97 Å². The molecule has 0 aromatic heterocycles. The summed E-state index contributed by atoms with van der Waals surface area (Å²) in [5, 5.41) is 19.8. The molecule has 0 radical (unpaired) electrons. The molecular weight excluding hydrogens is 248 g/mol. The van der Waals surface area contributed by atoms with Gasteiger partial charge in [-0.2, -0.15) is 0 Å². The summed E-state index contributed by atoms with van der Waals surface area (Å²) in [6.07, 6.45) is -1.91. The number of alkyl halides is 2. The van der Waals surface area contributed by atoms with Crippen molar-refractivity contribution in [3.05, 3.63) is 0 Å². The molecule has 104 valence electrons. The molecule has 1 fully saturated rings. The van der Waals surface area contributed by atoms with Crippen molar-refractivity contribution in [2.75, 3.05) is 6.54 Å². The fourth-order valence-corrected chi connectivity index (χ4v) is 1.90. The third-order valence-corrected chi connectivity index (χ3v) is 3.09. The van der Waals surface area contributed by atoms with Crippen LogP contribution in [0.25, 0.3) is 0 Å². The largest absolute Gasteiger partial charge is 0.479 e. The van der Waals surface area contributed by atoms with E-state index in [4.69, 9.17) is 10.2 Å². The lowest BCUT2D eigenvalue weighted by Crippen LogP contribution is -2.37. The molecule has 0 spiro atoms. The van der Waals surface area contributed by atoms with E-state index in [-0.39, 0.29) is 44.6 Å². The lowest BCUT2D eigenvalue weighted by atomic mass is 9.86. The zero-order valence-electron chi connectivity index (χ0n) is 9.86. The van der Waals surface area contributed by atoms with Crippen molar-refractivity contribution in [2.24, 2.45) is 5.92 Å².